The maximum absolute atomic E-state index is 7.32. The molecule has 3 aromatic heterocycles. The molecule has 0 radical (unpaired) electrons. The van der Waals surface area contributed by atoms with Crippen molar-refractivity contribution in [2.24, 2.45) is 0 Å². The molecule has 1 aliphatic rings. The number of anilines is 5. The van der Waals surface area contributed by atoms with E-state index in [1.54, 1.807) is 0 Å². The number of allylic oxidation sites excluding steroid dienone is 1. The second-order valence-corrected chi connectivity index (χ2v) is 20.5. The predicted molar refractivity (Wildman–Crippen MR) is 317 cm³/mol. The highest BCUT2D eigenvalue weighted by Crippen LogP contribution is 2.53. The van der Waals surface area contributed by atoms with Crippen molar-refractivity contribution in [1.29, 1.82) is 0 Å². The van der Waals surface area contributed by atoms with Crippen molar-refractivity contribution in [2.75, 3.05) is 9.80 Å². The summed E-state index contributed by atoms with van der Waals surface area (Å²) in [5.41, 5.74) is 18.3. The lowest BCUT2D eigenvalue weighted by Gasteiger charge is -2.31. The fraction of sp³-hybridized carbons (Fsp3) is 0.0704. The molecule has 1 aliphatic carbocycles. The van der Waals surface area contributed by atoms with E-state index >= 15 is 0 Å². The van der Waals surface area contributed by atoms with Gasteiger partial charge in [0.05, 0.1) is 22.8 Å². The van der Waals surface area contributed by atoms with E-state index in [9.17, 15) is 0 Å². The molecule has 76 heavy (non-hydrogen) atoms. The van der Waals surface area contributed by atoms with Gasteiger partial charge in [-0.1, -0.05) is 206 Å². The fourth-order valence-corrected chi connectivity index (χ4v) is 12.2. The molecule has 14 aromatic rings. The smallest absolute Gasteiger partial charge is 0.159 e. The molecule has 0 bridgehead atoms. The van der Waals surface area contributed by atoms with E-state index in [-0.39, 0.29) is 5.92 Å². The zero-order valence-corrected chi connectivity index (χ0v) is 42.3. The van der Waals surface area contributed by atoms with E-state index in [4.69, 9.17) is 13.3 Å². The molecular formula is C71H50N2O3. The number of nitrogens with zero attached hydrogens (tertiary/aromatic N) is 2. The number of benzene rings is 11. The molecule has 3 heterocycles. The molecule has 0 amide bonds. The van der Waals surface area contributed by atoms with E-state index in [2.05, 4.69) is 261 Å². The Kier molecular flexibility index (Phi) is 9.98. The summed E-state index contributed by atoms with van der Waals surface area (Å²) in [4.78, 5) is 4.79. The Hall–Kier alpha value is -9.58. The van der Waals surface area contributed by atoms with E-state index in [1.165, 1.54) is 16.7 Å². The number of rotatable bonds is 8. The number of fused-ring (bicyclic) bond motifs is 13. The zero-order valence-electron chi connectivity index (χ0n) is 42.3. The first-order valence-electron chi connectivity index (χ1n) is 26.3. The Bertz CT molecular complexity index is 4640. The van der Waals surface area contributed by atoms with Crippen LogP contribution in [0.5, 0.6) is 0 Å². The van der Waals surface area contributed by atoms with Gasteiger partial charge in [0, 0.05) is 77.2 Å². The van der Waals surface area contributed by atoms with Crippen LogP contribution in [0.15, 0.2) is 244 Å². The van der Waals surface area contributed by atoms with Crippen molar-refractivity contribution in [2.45, 2.75) is 33.1 Å². The van der Waals surface area contributed by atoms with E-state index < -0.39 is 0 Å². The molecule has 0 saturated heterocycles. The number of hydrogen-bond donors (Lipinski definition) is 0. The van der Waals surface area contributed by atoms with E-state index in [1.807, 2.05) is 0 Å². The van der Waals surface area contributed by atoms with E-state index in [0.717, 1.165) is 145 Å². The molecule has 1 atom stereocenters. The molecule has 15 rings (SSSR count). The maximum atomic E-state index is 7.32. The summed E-state index contributed by atoms with van der Waals surface area (Å²) >= 11 is 0. The first-order chi connectivity index (χ1) is 37.4. The quantitative estimate of drug-likeness (QED) is 0.152. The average molecular weight is 979 g/mol. The molecule has 0 aliphatic heterocycles. The van der Waals surface area contributed by atoms with Crippen LogP contribution in [0.2, 0.25) is 0 Å². The third kappa shape index (κ3) is 6.78. The van der Waals surface area contributed by atoms with Crippen LogP contribution in [0.1, 0.15) is 41.7 Å². The van der Waals surface area contributed by atoms with Gasteiger partial charge in [-0.2, -0.15) is 0 Å². The normalized spacial score (nSPS) is 13.6. The lowest BCUT2D eigenvalue weighted by Crippen LogP contribution is -2.19. The summed E-state index contributed by atoms with van der Waals surface area (Å²) < 4.78 is 21.7. The number of aryl methyl sites for hydroxylation is 2. The average Bonchev–Trinajstić information content (AvgIpc) is 4.24. The molecule has 0 N–H and O–H groups in total. The third-order valence-corrected chi connectivity index (χ3v) is 15.8. The summed E-state index contributed by atoms with van der Waals surface area (Å²) in [5, 5.41) is 9.69. The SMILES string of the molecule is Cc1ccc(N(C2=CCC(C)c3c2oc2c(-c4ccccc4)cccc32)c2cc3c(oc4cc(N(c5ccc(C)cc5)c5cccc6c5oc5c(-c7ccccc7)cccc56)c5ccccc5c43)c3ccccc23)cc1. The molecule has 0 fully saturated rings. The van der Waals surface area contributed by atoms with Crippen LogP contribution in [0, 0.1) is 13.8 Å². The summed E-state index contributed by atoms with van der Waals surface area (Å²) in [7, 11) is 0. The standard InChI is InChI=1S/C71H50N2O3/c1-43-31-36-48(37-32-43)72(60-30-16-28-57-56-27-14-25-50(67(56)75-70(57)60)46-17-6-4-7-18-46)63-42-64-66(54-23-12-10-21-52(54)63)59-41-62(53-22-11-13-24-55(53)69(59)74-64)73(49-38-33-44(2)34-39-49)61-40-35-45(3)65-58-29-15-26-51(68(58)76-71(61)65)47-19-8-5-9-20-47/h4-34,36-42,45H,35H2,1-3H3. The summed E-state index contributed by atoms with van der Waals surface area (Å²) in [6, 6.07) is 80.4. The van der Waals surface area contributed by atoms with Crippen LogP contribution in [0.4, 0.5) is 28.4 Å². The van der Waals surface area contributed by atoms with Crippen LogP contribution in [-0.2, 0) is 0 Å². The molecule has 5 nitrogen and oxygen atoms in total. The maximum Gasteiger partial charge on any atom is 0.159 e. The molecule has 0 spiro atoms. The van der Waals surface area contributed by atoms with Crippen LogP contribution >= 0.6 is 0 Å². The van der Waals surface area contributed by atoms with Gasteiger partial charge >= 0.3 is 0 Å². The first kappa shape index (κ1) is 44.0. The van der Waals surface area contributed by atoms with Gasteiger partial charge in [0.1, 0.15) is 22.3 Å². The Morgan fingerprint density at radius 3 is 1.54 bits per heavy atom. The van der Waals surface area contributed by atoms with Gasteiger partial charge in [-0.3, -0.25) is 0 Å². The highest BCUT2D eigenvalue weighted by Gasteiger charge is 2.33. The number of para-hydroxylation sites is 3. The van der Waals surface area contributed by atoms with Crippen LogP contribution < -0.4 is 9.80 Å². The Morgan fingerprint density at radius 2 is 0.882 bits per heavy atom. The number of furan rings is 3. The zero-order chi connectivity index (χ0) is 50.6. The Morgan fingerprint density at radius 1 is 0.382 bits per heavy atom. The highest BCUT2D eigenvalue weighted by atomic mass is 16.3. The summed E-state index contributed by atoms with van der Waals surface area (Å²) in [6.07, 6.45) is 3.25. The monoisotopic (exact) mass is 978 g/mol. The Labute approximate surface area is 439 Å². The number of hydrogen-bond acceptors (Lipinski definition) is 5. The first-order valence-corrected chi connectivity index (χ1v) is 26.3. The largest absolute Gasteiger partial charge is 0.455 e. The van der Waals surface area contributed by atoms with Crippen molar-refractivity contribution >= 4 is 111 Å². The van der Waals surface area contributed by atoms with Gasteiger partial charge in [0.15, 0.2) is 11.3 Å². The molecule has 362 valence electrons. The molecule has 5 heteroatoms. The minimum atomic E-state index is 0.258. The Balaban J connectivity index is 0.978. The van der Waals surface area contributed by atoms with Gasteiger partial charge in [0.25, 0.3) is 0 Å². The molecule has 0 saturated carbocycles. The van der Waals surface area contributed by atoms with Gasteiger partial charge in [-0.05, 0) is 79.1 Å². The summed E-state index contributed by atoms with van der Waals surface area (Å²) in [6.45, 7) is 6.61. The van der Waals surface area contributed by atoms with Crippen LogP contribution in [0.25, 0.3) is 104 Å². The van der Waals surface area contributed by atoms with Gasteiger partial charge in [-0.25, -0.2) is 0 Å². The predicted octanol–water partition coefficient (Wildman–Crippen LogP) is 20.6. The second-order valence-electron chi connectivity index (χ2n) is 20.5. The fourth-order valence-electron chi connectivity index (χ4n) is 12.2. The topological polar surface area (TPSA) is 45.9 Å². The highest BCUT2D eigenvalue weighted by molar-refractivity contribution is 6.28. The lowest BCUT2D eigenvalue weighted by atomic mass is 9.87. The van der Waals surface area contributed by atoms with Gasteiger partial charge in [0.2, 0.25) is 0 Å². The third-order valence-electron chi connectivity index (χ3n) is 15.8. The molecular weight excluding hydrogens is 929 g/mol. The summed E-state index contributed by atoms with van der Waals surface area (Å²) in [5.74, 6) is 1.16. The van der Waals surface area contributed by atoms with Crippen LogP contribution in [-0.4, -0.2) is 0 Å². The van der Waals surface area contributed by atoms with Crippen molar-refractivity contribution in [3.8, 4) is 22.3 Å². The molecule has 11 aromatic carbocycles. The van der Waals surface area contributed by atoms with Crippen LogP contribution in [0.3, 0.4) is 0 Å². The van der Waals surface area contributed by atoms with Gasteiger partial charge in [-0.15, -0.1) is 0 Å². The van der Waals surface area contributed by atoms with Crippen molar-refractivity contribution in [1.82, 2.24) is 0 Å². The van der Waals surface area contributed by atoms with Crippen molar-refractivity contribution in [3.63, 3.8) is 0 Å². The minimum absolute atomic E-state index is 0.258. The van der Waals surface area contributed by atoms with E-state index in [0.29, 0.717) is 0 Å². The second kappa shape index (κ2) is 17.3. The lowest BCUT2D eigenvalue weighted by molar-refractivity contribution is 0.579. The van der Waals surface area contributed by atoms with Crippen molar-refractivity contribution < 1.29 is 13.3 Å². The van der Waals surface area contributed by atoms with Crippen molar-refractivity contribution in [3.05, 3.63) is 253 Å². The minimum Gasteiger partial charge on any atom is -0.455 e. The molecule has 1 unspecified atom stereocenters. The van der Waals surface area contributed by atoms with Gasteiger partial charge < -0.3 is 23.1 Å².